The zero-order valence-electron chi connectivity index (χ0n) is 21.7. The van der Waals surface area contributed by atoms with Crippen LogP contribution in [0.5, 0.6) is 0 Å². The molecule has 2 heterocycles. The van der Waals surface area contributed by atoms with Crippen LogP contribution in [-0.4, -0.2) is 62.2 Å². The van der Waals surface area contributed by atoms with E-state index in [0.29, 0.717) is 37.0 Å². The molecule has 10 heteroatoms. The van der Waals surface area contributed by atoms with Crippen molar-refractivity contribution in [1.82, 2.24) is 15.3 Å². The van der Waals surface area contributed by atoms with Crippen molar-refractivity contribution in [3.8, 4) is 11.4 Å². The van der Waals surface area contributed by atoms with Gasteiger partial charge in [-0.25, -0.2) is 14.8 Å². The molecule has 1 aromatic heterocycles. The first kappa shape index (κ1) is 27.2. The number of hydrogen-bond acceptors (Lipinski definition) is 7. The van der Waals surface area contributed by atoms with Crippen molar-refractivity contribution in [2.45, 2.75) is 70.5 Å². The number of benzene rings is 1. The third-order valence-electron chi connectivity index (χ3n) is 6.22. The van der Waals surface area contributed by atoms with E-state index in [0.717, 1.165) is 11.4 Å². The first-order chi connectivity index (χ1) is 16.3. The van der Waals surface area contributed by atoms with Crippen molar-refractivity contribution < 1.29 is 18.6 Å². The number of carbonyl (C=O) groups excluding carboxylic acids is 1. The lowest BCUT2D eigenvalue weighted by Crippen LogP contribution is -2.44. The molecule has 3 rings (SSSR count). The van der Waals surface area contributed by atoms with Gasteiger partial charge in [0, 0.05) is 35.2 Å². The van der Waals surface area contributed by atoms with E-state index in [-0.39, 0.29) is 23.4 Å². The minimum atomic E-state index is -3.01. The van der Waals surface area contributed by atoms with Gasteiger partial charge in [0.1, 0.15) is 5.82 Å². The average Bonchev–Trinajstić information content (AvgIpc) is 2.78. The van der Waals surface area contributed by atoms with Crippen LogP contribution < -0.4 is 15.5 Å². The maximum Gasteiger partial charge on any atom is 0.319 e. The molecule has 2 aromatic rings. The molecule has 1 aromatic carbocycles. The molecule has 9 nitrogen and oxygen atoms in total. The number of rotatable bonds is 7. The van der Waals surface area contributed by atoms with Gasteiger partial charge in [0.2, 0.25) is 0 Å². The molecule has 0 radical (unpaired) electrons. The highest BCUT2D eigenvalue weighted by Crippen LogP contribution is 2.60. The highest BCUT2D eigenvalue weighted by Gasteiger charge is 2.40. The van der Waals surface area contributed by atoms with Crippen molar-refractivity contribution in [3.63, 3.8) is 0 Å². The first-order valence-corrected chi connectivity index (χ1v) is 13.6. The molecular formula is C25H39N5O4S. The number of ether oxygens (including phenoxy) is 1. The van der Waals surface area contributed by atoms with Gasteiger partial charge in [0.05, 0.1) is 29.7 Å². The summed E-state index contributed by atoms with van der Waals surface area (Å²) in [5.41, 5.74) is 1.99. The zero-order chi connectivity index (χ0) is 26.0. The van der Waals surface area contributed by atoms with Crippen LogP contribution in [0.25, 0.3) is 11.4 Å². The monoisotopic (exact) mass is 505 g/mol. The molecule has 0 saturated carbocycles. The van der Waals surface area contributed by atoms with E-state index >= 15 is 0 Å². The van der Waals surface area contributed by atoms with Crippen LogP contribution in [0.1, 0.15) is 54.2 Å². The topological polar surface area (TPSA) is 120 Å². The van der Waals surface area contributed by atoms with Gasteiger partial charge in [-0.3, -0.25) is 9.11 Å². The Morgan fingerprint density at radius 3 is 2.40 bits per heavy atom. The lowest BCUT2D eigenvalue weighted by molar-refractivity contribution is 0.0985. The molecule has 194 valence electrons. The second-order valence-electron chi connectivity index (χ2n) is 10.0. The number of aromatic nitrogens is 2. The van der Waals surface area contributed by atoms with Gasteiger partial charge in [0.15, 0.2) is 5.82 Å². The number of carbonyl (C=O) groups is 1. The van der Waals surface area contributed by atoms with Crippen LogP contribution in [0.2, 0.25) is 0 Å². The maximum absolute atomic E-state index is 12.0. The predicted molar refractivity (Wildman–Crippen MR) is 143 cm³/mol. The summed E-state index contributed by atoms with van der Waals surface area (Å²) in [5, 5.41) is 5.28. The quantitative estimate of drug-likeness (QED) is 0.403. The van der Waals surface area contributed by atoms with Crippen molar-refractivity contribution in [3.05, 3.63) is 36.0 Å². The molecule has 1 atom stereocenters. The Kier molecular flexibility index (Phi) is 8.31. The third kappa shape index (κ3) is 6.06. The Hall–Kier alpha value is -2.40. The largest absolute Gasteiger partial charge is 0.377 e. The van der Waals surface area contributed by atoms with E-state index < -0.39 is 15.3 Å². The number of hydrogen-bond donors (Lipinski definition) is 4. The van der Waals surface area contributed by atoms with Gasteiger partial charge >= 0.3 is 6.03 Å². The summed E-state index contributed by atoms with van der Waals surface area (Å²) in [5.74, 6) is 1.22. The molecular weight excluding hydrogens is 466 g/mol. The third-order valence-corrected chi connectivity index (χ3v) is 9.25. The number of anilines is 2. The van der Waals surface area contributed by atoms with Gasteiger partial charge in [-0.15, -0.1) is 0 Å². The van der Waals surface area contributed by atoms with Crippen LogP contribution in [0.4, 0.5) is 16.3 Å². The Morgan fingerprint density at radius 2 is 1.83 bits per heavy atom. The number of morpholine rings is 1. The van der Waals surface area contributed by atoms with Gasteiger partial charge < -0.3 is 20.3 Å². The van der Waals surface area contributed by atoms with Crippen LogP contribution in [-0.2, 0) is 9.48 Å². The van der Waals surface area contributed by atoms with E-state index in [2.05, 4.69) is 22.5 Å². The Bertz CT molecular complexity index is 1030. The molecule has 35 heavy (non-hydrogen) atoms. The lowest BCUT2D eigenvalue weighted by atomic mass is 10.1. The normalized spacial score (nSPS) is 17.6. The van der Waals surface area contributed by atoms with Crippen LogP contribution in [0, 0.1) is 0 Å². The van der Waals surface area contributed by atoms with E-state index in [4.69, 9.17) is 14.7 Å². The summed E-state index contributed by atoms with van der Waals surface area (Å²) in [6.45, 7) is 15.0. The molecule has 0 unspecified atom stereocenters. The fourth-order valence-electron chi connectivity index (χ4n) is 3.96. The second-order valence-corrected chi connectivity index (χ2v) is 13.2. The Balaban J connectivity index is 2.03. The minimum Gasteiger partial charge on any atom is -0.377 e. The van der Waals surface area contributed by atoms with Gasteiger partial charge in [-0.05, 0) is 72.7 Å². The molecule has 4 N–H and O–H groups in total. The number of nitrogens with zero attached hydrogens (tertiary/aromatic N) is 3. The van der Waals surface area contributed by atoms with E-state index in [9.17, 15) is 13.9 Å². The smallest absolute Gasteiger partial charge is 0.319 e. The molecule has 1 aliphatic rings. The van der Waals surface area contributed by atoms with Gasteiger partial charge in [-0.1, -0.05) is 0 Å². The zero-order valence-corrected chi connectivity index (χ0v) is 22.5. The Labute approximate surface area is 210 Å². The van der Waals surface area contributed by atoms with E-state index in [1.165, 1.54) is 0 Å². The molecule has 0 bridgehead atoms. The van der Waals surface area contributed by atoms with E-state index in [1.807, 2.05) is 59.7 Å². The summed E-state index contributed by atoms with van der Waals surface area (Å²) in [7, 11) is -3.01. The molecule has 1 fully saturated rings. The van der Waals surface area contributed by atoms with Crippen LogP contribution in [0.15, 0.2) is 30.3 Å². The molecule has 1 saturated heterocycles. The summed E-state index contributed by atoms with van der Waals surface area (Å²) >= 11 is 0. The van der Waals surface area contributed by atoms with Crippen LogP contribution in [0.3, 0.4) is 0 Å². The number of amides is 2. The van der Waals surface area contributed by atoms with Crippen molar-refractivity contribution >= 4 is 28.1 Å². The summed E-state index contributed by atoms with van der Waals surface area (Å²) < 4.78 is 26.8. The van der Waals surface area contributed by atoms with Crippen LogP contribution >= 0.6 is 10.6 Å². The predicted octanol–water partition coefficient (Wildman–Crippen LogP) is 5.29. The standard InChI is InChI=1S/C25H39N5O4S/c1-16(2)26-24(31)27-20-10-8-19(9-11-20)23-28-21(25(6,7)35(32,33)17(3)4)14-22(29-23)30-12-13-34-15-18(30)5/h8-11,14,16-18,32-33H,12-13,15H2,1-7H3,(H2,26,27,31)/t18-/m0/s1. The summed E-state index contributed by atoms with van der Waals surface area (Å²) in [6.07, 6.45) is 0. The summed E-state index contributed by atoms with van der Waals surface area (Å²) in [6, 6.07) is 9.06. The van der Waals surface area contributed by atoms with E-state index in [1.54, 1.807) is 12.1 Å². The molecule has 1 aliphatic heterocycles. The van der Waals surface area contributed by atoms with Gasteiger partial charge in [-0.2, -0.15) is 10.6 Å². The molecule has 0 spiro atoms. The molecule has 2 amide bonds. The molecule has 0 aliphatic carbocycles. The highest BCUT2D eigenvalue weighted by atomic mass is 32.3. The second kappa shape index (κ2) is 10.7. The fourth-order valence-corrected chi connectivity index (χ4v) is 5.55. The highest BCUT2D eigenvalue weighted by molar-refractivity contribution is 8.25. The van der Waals surface area contributed by atoms with Gasteiger partial charge in [0.25, 0.3) is 0 Å². The fraction of sp³-hybridized carbons (Fsp3) is 0.560. The SMILES string of the molecule is CC(C)NC(=O)Nc1ccc(-c2nc(N3CCOC[C@@H]3C)cc(C(C)(C)S(O)(O)C(C)C)n2)cc1. The summed E-state index contributed by atoms with van der Waals surface area (Å²) in [4.78, 5) is 23.9. The maximum atomic E-state index is 12.0. The Morgan fingerprint density at radius 1 is 1.17 bits per heavy atom. The van der Waals surface area contributed by atoms with Crippen molar-refractivity contribution in [1.29, 1.82) is 0 Å². The number of urea groups is 1. The number of nitrogens with one attached hydrogen (secondary N) is 2. The first-order valence-electron chi connectivity index (χ1n) is 12.0. The average molecular weight is 506 g/mol. The van der Waals surface area contributed by atoms with Crippen molar-refractivity contribution in [2.24, 2.45) is 0 Å². The van der Waals surface area contributed by atoms with Crippen molar-refractivity contribution in [2.75, 3.05) is 30.0 Å². The minimum absolute atomic E-state index is 0.0351. The lowest BCUT2D eigenvalue weighted by Gasteiger charge is -2.49.